The molecule has 0 saturated heterocycles. The number of nitrogens with zero attached hydrogens (tertiary/aromatic N) is 1. The van der Waals surface area contributed by atoms with E-state index in [-0.39, 0.29) is 12.3 Å². The van der Waals surface area contributed by atoms with Crippen molar-refractivity contribution in [2.24, 2.45) is 0 Å². The molecule has 0 aliphatic rings. The van der Waals surface area contributed by atoms with Crippen molar-refractivity contribution in [1.82, 2.24) is 0 Å². The van der Waals surface area contributed by atoms with Gasteiger partial charge in [0.1, 0.15) is 6.61 Å². The smallest absolute Gasteiger partial charge is 0.411 e. The van der Waals surface area contributed by atoms with E-state index in [9.17, 15) is 14.9 Å². The molecule has 0 saturated carbocycles. The molecule has 0 bridgehead atoms. The number of carbonyl (C=O) groups is 1. The maximum atomic E-state index is 12.0. The first-order chi connectivity index (χ1) is 11.6. The second-order valence-electron chi connectivity index (χ2n) is 5.11. The van der Waals surface area contributed by atoms with Crippen LogP contribution in [0, 0.1) is 10.1 Å². The predicted octanol–water partition coefficient (Wildman–Crippen LogP) is 4.50. The van der Waals surface area contributed by atoms with Crippen molar-refractivity contribution in [3.05, 3.63) is 82.4 Å². The number of para-hydroxylation sites is 1. The fourth-order valence-corrected chi connectivity index (χ4v) is 2.43. The lowest BCUT2D eigenvalue weighted by Gasteiger charge is -2.09. The SMILES string of the molecule is O=C(Nc1cccc2ccccc12)OCc1ccccc1[N+](=O)[O-]. The molecule has 120 valence electrons. The number of hydrogen-bond acceptors (Lipinski definition) is 4. The van der Waals surface area contributed by atoms with E-state index >= 15 is 0 Å². The number of ether oxygens (including phenoxy) is 1. The molecule has 6 nitrogen and oxygen atoms in total. The van der Waals surface area contributed by atoms with E-state index in [1.165, 1.54) is 6.07 Å². The highest BCUT2D eigenvalue weighted by Gasteiger charge is 2.14. The van der Waals surface area contributed by atoms with Crippen LogP contribution in [0.25, 0.3) is 10.8 Å². The van der Waals surface area contributed by atoms with Crippen LogP contribution in [0.2, 0.25) is 0 Å². The van der Waals surface area contributed by atoms with Crippen molar-refractivity contribution in [2.45, 2.75) is 6.61 Å². The molecule has 1 amide bonds. The van der Waals surface area contributed by atoms with Crippen molar-refractivity contribution in [3.8, 4) is 0 Å². The molecule has 0 aromatic heterocycles. The number of carbonyl (C=O) groups excluding carboxylic acids is 1. The van der Waals surface area contributed by atoms with Gasteiger partial charge >= 0.3 is 6.09 Å². The normalized spacial score (nSPS) is 10.3. The summed E-state index contributed by atoms with van der Waals surface area (Å²) in [6.45, 7) is -0.173. The number of amides is 1. The van der Waals surface area contributed by atoms with Gasteiger partial charge < -0.3 is 4.74 Å². The Morgan fingerprint density at radius 1 is 1.00 bits per heavy atom. The Bertz CT molecular complexity index is 903. The van der Waals surface area contributed by atoms with Crippen molar-refractivity contribution < 1.29 is 14.5 Å². The molecule has 0 radical (unpaired) electrons. The zero-order valence-electron chi connectivity index (χ0n) is 12.6. The highest BCUT2D eigenvalue weighted by atomic mass is 16.6. The summed E-state index contributed by atoms with van der Waals surface area (Å²) in [5.41, 5.74) is 0.895. The van der Waals surface area contributed by atoms with Crippen LogP contribution in [0.5, 0.6) is 0 Å². The van der Waals surface area contributed by atoms with Crippen molar-refractivity contribution in [1.29, 1.82) is 0 Å². The Hall–Kier alpha value is -3.41. The average Bonchev–Trinajstić information content (AvgIpc) is 2.60. The summed E-state index contributed by atoms with van der Waals surface area (Å²) < 4.78 is 5.12. The third-order valence-electron chi connectivity index (χ3n) is 3.57. The maximum absolute atomic E-state index is 12.0. The lowest BCUT2D eigenvalue weighted by molar-refractivity contribution is -0.385. The molecule has 1 N–H and O–H groups in total. The molecule has 0 aliphatic carbocycles. The minimum Gasteiger partial charge on any atom is -0.444 e. The summed E-state index contributed by atoms with van der Waals surface area (Å²) in [5.74, 6) is 0. The Morgan fingerprint density at radius 2 is 1.71 bits per heavy atom. The van der Waals surface area contributed by atoms with Crippen LogP contribution in [0.4, 0.5) is 16.2 Å². The van der Waals surface area contributed by atoms with Crippen molar-refractivity contribution >= 4 is 28.2 Å². The molecule has 3 rings (SSSR count). The maximum Gasteiger partial charge on any atom is 0.411 e. The predicted molar refractivity (Wildman–Crippen MR) is 90.9 cm³/mol. The van der Waals surface area contributed by atoms with Gasteiger partial charge in [-0.05, 0) is 17.5 Å². The number of nitro benzene ring substituents is 1. The minimum absolute atomic E-state index is 0.0736. The van der Waals surface area contributed by atoms with Crippen LogP contribution in [0.15, 0.2) is 66.7 Å². The zero-order chi connectivity index (χ0) is 16.9. The molecular formula is C18H14N2O4. The minimum atomic E-state index is -0.662. The molecule has 0 unspecified atom stereocenters. The molecule has 3 aromatic carbocycles. The van der Waals surface area contributed by atoms with Gasteiger partial charge in [-0.25, -0.2) is 4.79 Å². The van der Waals surface area contributed by atoms with Gasteiger partial charge in [0, 0.05) is 11.5 Å². The molecular weight excluding hydrogens is 308 g/mol. The molecule has 3 aromatic rings. The summed E-state index contributed by atoms with van der Waals surface area (Å²) in [6, 6.07) is 19.3. The topological polar surface area (TPSA) is 81.5 Å². The average molecular weight is 322 g/mol. The summed E-state index contributed by atoms with van der Waals surface area (Å²) in [7, 11) is 0. The molecule has 0 fully saturated rings. The van der Waals surface area contributed by atoms with E-state index in [1.807, 2.05) is 36.4 Å². The molecule has 0 heterocycles. The van der Waals surface area contributed by atoms with Gasteiger partial charge in [0.2, 0.25) is 0 Å². The van der Waals surface area contributed by atoms with Crippen LogP contribution in [-0.2, 0) is 11.3 Å². The van der Waals surface area contributed by atoms with E-state index in [0.29, 0.717) is 11.3 Å². The van der Waals surface area contributed by atoms with Crippen LogP contribution < -0.4 is 5.32 Å². The van der Waals surface area contributed by atoms with E-state index in [4.69, 9.17) is 4.74 Å². The van der Waals surface area contributed by atoms with Crippen LogP contribution >= 0.6 is 0 Å². The standard InChI is InChI=1S/C18H14N2O4/c21-18(24-12-14-7-2-4-11-17(14)20(22)23)19-16-10-5-8-13-6-1-3-9-15(13)16/h1-11H,12H2,(H,19,21). The van der Waals surface area contributed by atoms with Crippen LogP contribution in [0.1, 0.15) is 5.56 Å². The molecule has 6 heteroatoms. The first kappa shape index (κ1) is 15.5. The summed E-state index contributed by atoms with van der Waals surface area (Å²) in [5, 5.41) is 15.5. The summed E-state index contributed by atoms with van der Waals surface area (Å²) in [4.78, 5) is 22.5. The monoisotopic (exact) mass is 322 g/mol. The Morgan fingerprint density at radius 3 is 2.54 bits per heavy atom. The number of hydrogen-bond donors (Lipinski definition) is 1. The molecule has 24 heavy (non-hydrogen) atoms. The summed E-state index contributed by atoms with van der Waals surface area (Å²) in [6.07, 6.45) is -0.662. The Kier molecular flexibility index (Phi) is 4.38. The third-order valence-corrected chi connectivity index (χ3v) is 3.57. The molecule has 0 spiro atoms. The van der Waals surface area contributed by atoms with Gasteiger partial charge in [0.25, 0.3) is 5.69 Å². The van der Waals surface area contributed by atoms with E-state index in [1.54, 1.807) is 24.3 Å². The number of nitro groups is 1. The second-order valence-corrected chi connectivity index (χ2v) is 5.11. The number of rotatable bonds is 4. The van der Waals surface area contributed by atoms with Crippen LogP contribution in [0.3, 0.4) is 0 Å². The first-order valence-electron chi connectivity index (χ1n) is 7.29. The van der Waals surface area contributed by atoms with Gasteiger partial charge in [-0.3, -0.25) is 15.4 Å². The lowest BCUT2D eigenvalue weighted by Crippen LogP contribution is -2.14. The highest BCUT2D eigenvalue weighted by Crippen LogP contribution is 2.23. The van der Waals surface area contributed by atoms with Gasteiger partial charge in [0.15, 0.2) is 0 Å². The Balaban J connectivity index is 1.71. The number of anilines is 1. The van der Waals surface area contributed by atoms with Gasteiger partial charge in [-0.15, -0.1) is 0 Å². The van der Waals surface area contributed by atoms with Crippen molar-refractivity contribution in [3.63, 3.8) is 0 Å². The third kappa shape index (κ3) is 3.33. The van der Waals surface area contributed by atoms with Gasteiger partial charge in [-0.2, -0.15) is 0 Å². The Labute approximate surface area is 137 Å². The van der Waals surface area contributed by atoms with E-state index in [0.717, 1.165) is 10.8 Å². The lowest BCUT2D eigenvalue weighted by atomic mass is 10.1. The molecule has 0 aliphatic heterocycles. The quantitative estimate of drug-likeness (QED) is 0.566. The zero-order valence-corrected chi connectivity index (χ0v) is 12.6. The number of nitrogens with one attached hydrogen (secondary N) is 1. The molecule has 0 atom stereocenters. The van der Waals surface area contributed by atoms with Crippen molar-refractivity contribution in [2.75, 3.05) is 5.32 Å². The largest absolute Gasteiger partial charge is 0.444 e. The second kappa shape index (κ2) is 6.78. The van der Waals surface area contributed by atoms with Gasteiger partial charge in [0.05, 0.1) is 16.2 Å². The summed E-state index contributed by atoms with van der Waals surface area (Å²) >= 11 is 0. The fourth-order valence-electron chi connectivity index (χ4n) is 2.43. The fraction of sp³-hybridized carbons (Fsp3) is 0.0556. The first-order valence-corrected chi connectivity index (χ1v) is 7.29. The number of benzene rings is 3. The van der Waals surface area contributed by atoms with Gasteiger partial charge in [-0.1, -0.05) is 48.5 Å². The highest BCUT2D eigenvalue weighted by molar-refractivity contribution is 6.00. The number of fused-ring (bicyclic) bond motifs is 1. The van der Waals surface area contributed by atoms with E-state index < -0.39 is 11.0 Å². The van der Waals surface area contributed by atoms with E-state index in [2.05, 4.69) is 5.32 Å². The van der Waals surface area contributed by atoms with Crippen LogP contribution in [-0.4, -0.2) is 11.0 Å².